The first kappa shape index (κ1) is 14.0. The van der Waals surface area contributed by atoms with Gasteiger partial charge in [-0.15, -0.1) is 0 Å². The number of anilines is 2. The van der Waals surface area contributed by atoms with Crippen molar-refractivity contribution in [3.63, 3.8) is 0 Å². The van der Waals surface area contributed by atoms with E-state index in [9.17, 15) is 0 Å². The third kappa shape index (κ3) is 3.03. The number of aromatic nitrogens is 2. The molecule has 2 aliphatic rings. The monoisotopic (exact) mass is 292 g/mol. The van der Waals surface area contributed by atoms with Gasteiger partial charge in [0.25, 0.3) is 0 Å². The van der Waals surface area contributed by atoms with Gasteiger partial charge in [0.05, 0.1) is 5.69 Å². The lowest BCUT2D eigenvalue weighted by atomic mass is 10.2. The normalized spacial score (nSPS) is 18.8. The van der Waals surface area contributed by atoms with Gasteiger partial charge in [-0.05, 0) is 19.3 Å². The first-order valence-corrected chi connectivity index (χ1v) is 9.00. The van der Waals surface area contributed by atoms with Crippen molar-refractivity contribution in [3.05, 3.63) is 11.3 Å². The van der Waals surface area contributed by atoms with Gasteiger partial charge in [0.2, 0.25) is 5.95 Å². The number of fused-ring (bicyclic) bond motifs is 1. The van der Waals surface area contributed by atoms with E-state index < -0.39 is 0 Å². The molecule has 20 heavy (non-hydrogen) atoms. The lowest BCUT2D eigenvalue weighted by molar-refractivity contribution is 0.726. The Morgan fingerprint density at radius 2 is 1.90 bits per heavy atom. The van der Waals surface area contributed by atoms with Crippen LogP contribution >= 0.6 is 11.8 Å². The molecule has 0 aliphatic carbocycles. The van der Waals surface area contributed by atoms with Crippen LogP contribution in [-0.2, 0) is 11.5 Å². The zero-order valence-corrected chi connectivity index (χ0v) is 13.1. The Balaban J connectivity index is 1.86. The molecule has 0 spiro atoms. The van der Waals surface area contributed by atoms with E-state index in [-0.39, 0.29) is 0 Å². The summed E-state index contributed by atoms with van der Waals surface area (Å²) in [5.74, 6) is 4.13. The summed E-state index contributed by atoms with van der Waals surface area (Å²) in [5, 5.41) is 3.50. The van der Waals surface area contributed by atoms with E-state index in [1.165, 1.54) is 36.9 Å². The highest BCUT2D eigenvalue weighted by molar-refractivity contribution is 7.98. The van der Waals surface area contributed by atoms with Crippen LogP contribution in [0.1, 0.15) is 50.3 Å². The molecule has 0 atom stereocenters. The molecule has 1 aromatic rings. The maximum absolute atomic E-state index is 4.84. The number of nitrogens with zero attached hydrogens (tertiary/aromatic N) is 3. The molecular formula is C15H24N4S. The molecule has 2 aliphatic heterocycles. The molecule has 4 nitrogen and oxygen atoms in total. The predicted molar refractivity (Wildman–Crippen MR) is 86.5 cm³/mol. The molecule has 1 saturated heterocycles. The third-order valence-corrected chi connectivity index (χ3v) is 4.97. The average Bonchev–Trinajstić information content (AvgIpc) is 2.78. The Hall–Kier alpha value is -0.970. The van der Waals surface area contributed by atoms with Gasteiger partial charge in [-0.3, -0.25) is 0 Å². The van der Waals surface area contributed by atoms with Crippen LogP contribution in [0.4, 0.5) is 11.8 Å². The summed E-state index contributed by atoms with van der Waals surface area (Å²) in [6.07, 6.45) is 6.36. The van der Waals surface area contributed by atoms with Crippen molar-refractivity contribution < 1.29 is 0 Å². The Kier molecular flexibility index (Phi) is 4.65. The number of nitrogens with one attached hydrogen (secondary N) is 1. The minimum Gasteiger partial charge on any atom is -0.370 e. The quantitative estimate of drug-likeness (QED) is 0.921. The highest BCUT2D eigenvalue weighted by Gasteiger charge is 2.22. The van der Waals surface area contributed by atoms with Crippen molar-refractivity contribution in [2.75, 3.05) is 29.9 Å². The Bertz CT molecular complexity index is 455. The van der Waals surface area contributed by atoms with Crippen LogP contribution in [0.15, 0.2) is 0 Å². The molecule has 0 amide bonds. The lowest BCUT2D eigenvalue weighted by Gasteiger charge is -2.22. The molecule has 0 bridgehead atoms. The number of thioether (sulfide) groups is 1. The van der Waals surface area contributed by atoms with Crippen molar-refractivity contribution >= 4 is 23.5 Å². The molecule has 0 unspecified atom stereocenters. The fourth-order valence-electron chi connectivity index (χ4n) is 2.84. The maximum atomic E-state index is 4.84. The first-order valence-electron chi connectivity index (χ1n) is 7.85. The zero-order chi connectivity index (χ0) is 13.8. The summed E-state index contributed by atoms with van der Waals surface area (Å²) < 4.78 is 0. The fraction of sp³-hybridized carbons (Fsp3) is 0.733. The molecule has 1 N–H and O–H groups in total. The van der Waals surface area contributed by atoms with E-state index in [1.807, 2.05) is 11.8 Å². The van der Waals surface area contributed by atoms with E-state index in [4.69, 9.17) is 9.97 Å². The number of hydrogen-bond donors (Lipinski definition) is 1. The largest absolute Gasteiger partial charge is 0.370 e. The van der Waals surface area contributed by atoms with Gasteiger partial charge in [0, 0.05) is 36.7 Å². The Morgan fingerprint density at radius 3 is 2.65 bits per heavy atom. The van der Waals surface area contributed by atoms with Crippen LogP contribution < -0.4 is 10.2 Å². The minimum absolute atomic E-state index is 0.951. The van der Waals surface area contributed by atoms with Crippen LogP contribution in [0, 0.1) is 0 Å². The van der Waals surface area contributed by atoms with Gasteiger partial charge >= 0.3 is 0 Å². The van der Waals surface area contributed by atoms with Crippen molar-refractivity contribution in [1.82, 2.24) is 9.97 Å². The molecule has 3 rings (SSSR count). The van der Waals surface area contributed by atoms with Crippen LogP contribution in [0.2, 0.25) is 0 Å². The average molecular weight is 292 g/mol. The molecule has 0 radical (unpaired) electrons. The van der Waals surface area contributed by atoms with Crippen LogP contribution in [0.5, 0.6) is 0 Å². The molecule has 0 aromatic carbocycles. The van der Waals surface area contributed by atoms with Crippen molar-refractivity contribution in [3.8, 4) is 0 Å². The topological polar surface area (TPSA) is 41.1 Å². The SMILES string of the molecule is CCCNc1nc(N2CCCCCC2)nc2c1CSC2. The van der Waals surface area contributed by atoms with E-state index in [0.29, 0.717) is 0 Å². The van der Waals surface area contributed by atoms with Crippen LogP contribution in [0.25, 0.3) is 0 Å². The summed E-state index contributed by atoms with van der Waals surface area (Å²) >= 11 is 1.95. The van der Waals surface area contributed by atoms with Gasteiger partial charge in [-0.1, -0.05) is 19.8 Å². The molecule has 5 heteroatoms. The smallest absolute Gasteiger partial charge is 0.227 e. The molecule has 0 saturated carbocycles. The summed E-state index contributed by atoms with van der Waals surface area (Å²) in [6, 6.07) is 0. The van der Waals surface area contributed by atoms with Crippen molar-refractivity contribution in [2.45, 2.75) is 50.5 Å². The summed E-state index contributed by atoms with van der Waals surface area (Å²) in [4.78, 5) is 12.1. The summed E-state index contributed by atoms with van der Waals surface area (Å²) in [6.45, 7) is 5.41. The second-order valence-electron chi connectivity index (χ2n) is 5.62. The highest BCUT2D eigenvalue weighted by Crippen LogP contribution is 2.34. The van der Waals surface area contributed by atoms with Gasteiger partial charge in [-0.25, -0.2) is 4.98 Å². The van der Waals surface area contributed by atoms with Gasteiger partial charge in [0.1, 0.15) is 5.82 Å². The molecule has 1 aromatic heterocycles. The standard InChI is InChI=1S/C15H24N4S/c1-2-7-16-14-12-10-20-11-13(12)17-15(18-14)19-8-5-3-4-6-9-19/h2-11H2,1H3,(H,16,17,18). The van der Waals surface area contributed by atoms with E-state index in [2.05, 4.69) is 17.1 Å². The van der Waals surface area contributed by atoms with Crippen LogP contribution in [-0.4, -0.2) is 29.6 Å². The highest BCUT2D eigenvalue weighted by atomic mass is 32.2. The van der Waals surface area contributed by atoms with Gasteiger partial charge in [-0.2, -0.15) is 16.7 Å². The predicted octanol–water partition coefficient (Wildman–Crippen LogP) is 3.43. The Morgan fingerprint density at radius 1 is 1.10 bits per heavy atom. The zero-order valence-electron chi connectivity index (χ0n) is 12.3. The van der Waals surface area contributed by atoms with E-state index in [1.54, 1.807) is 0 Å². The maximum Gasteiger partial charge on any atom is 0.227 e. The number of rotatable bonds is 4. The minimum atomic E-state index is 0.951. The molecule has 110 valence electrons. The van der Waals surface area contributed by atoms with Gasteiger partial charge in [0.15, 0.2) is 0 Å². The van der Waals surface area contributed by atoms with E-state index in [0.717, 1.165) is 49.3 Å². The second-order valence-corrected chi connectivity index (χ2v) is 6.60. The summed E-state index contributed by atoms with van der Waals surface area (Å²) in [7, 11) is 0. The first-order chi connectivity index (χ1) is 9.88. The second kappa shape index (κ2) is 6.66. The molecule has 3 heterocycles. The third-order valence-electron chi connectivity index (χ3n) is 4.00. The van der Waals surface area contributed by atoms with Gasteiger partial charge < -0.3 is 10.2 Å². The van der Waals surface area contributed by atoms with Crippen molar-refractivity contribution in [1.29, 1.82) is 0 Å². The van der Waals surface area contributed by atoms with E-state index >= 15 is 0 Å². The van der Waals surface area contributed by atoms with Crippen molar-refractivity contribution in [2.24, 2.45) is 0 Å². The number of hydrogen-bond acceptors (Lipinski definition) is 5. The Labute approximate surface area is 125 Å². The molecule has 1 fully saturated rings. The molecular weight excluding hydrogens is 268 g/mol. The fourth-order valence-corrected chi connectivity index (χ4v) is 3.88. The van der Waals surface area contributed by atoms with Crippen LogP contribution in [0.3, 0.4) is 0 Å². The summed E-state index contributed by atoms with van der Waals surface area (Å²) in [5.41, 5.74) is 2.59. The lowest BCUT2D eigenvalue weighted by Crippen LogP contribution is -2.27.